The van der Waals surface area contributed by atoms with Crippen LogP contribution in [0.15, 0.2) is 36.7 Å². The molecule has 0 aliphatic heterocycles. The van der Waals surface area contributed by atoms with Crippen molar-refractivity contribution in [3.63, 3.8) is 0 Å². The van der Waals surface area contributed by atoms with Crippen molar-refractivity contribution in [3.8, 4) is 16.9 Å². The molecule has 2 aromatic rings. The number of ether oxygens (including phenoxy) is 1. The van der Waals surface area contributed by atoms with E-state index in [2.05, 4.69) is 9.97 Å². The Bertz CT molecular complexity index is 466. The molecular weight excluding hydrogens is 216 g/mol. The van der Waals surface area contributed by atoms with Crippen LogP contribution in [0.25, 0.3) is 11.1 Å². The number of aliphatic hydroxyl groups is 1. The lowest BCUT2D eigenvalue weighted by molar-refractivity contribution is 0.296. The van der Waals surface area contributed by atoms with Crippen LogP contribution in [-0.2, 0) is 6.42 Å². The zero-order valence-corrected chi connectivity index (χ0v) is 9.63. The molecule has 0 unspecified atom stereocenters. The minimum atomic E-state index is 0.0713. The van der Waals surface area contributed by atoms with Crippen LogP contribution in [0.1, 0.15) is 5.82 Å². The van der Waals surface area contributed by atoms with Crippen molar-refractivity contribution in [3.05, 3.63) is 42.5 Å². The fraction of sp³-hybridized carbons (Fsp3) is 0.231. The summed E-state index contributed by atoms with van der Waals surface area (Å²) in [6.45, 7) is 0.0713. The average molecular weight is 230 g/mol. The molecule has 1 aromatic carbocycles. The van der Waals surface area contributed by atoms with Gasteiger partial charge in [0.2, 0.25) is 0 Å². The lowest BCUT2D eigenvalue weighted by Crippen LogP contribution is -1.97. The first kappa shape index (κ1) is 11.5. The second-order valence-corrected chi connectivity index (χ2v) is 3.59. The van der Waals surface area contributed by atoms with E-state index >= 15 is 0 Å². The van der Waals surface area contributed by atoms with Gasteiger partial charge in [-0.15, -0.1) is 0 Å². The van der Waals surface area contributed by atoms with E-state index in [1.807, 2.05) is 24.3 Å². The summed E-state index contributed by atoms with van der Waals surface area (Å²) >= 11 is 0. The monoisotopic (exact) mass is 230 g/mol. The number of aliphatic hydroxyl groups excluding tert-OH is 1. The highest BCUT2D eigenvalue weighted by atomic mass is 16.5. The smallest absolute Gasteiger partial charge is 0.130 e. The molecule has 88 valence electrons. The minimum Gasteiger partial charge on any atom is -0.497 e. The number of hydrogen-bond donors (Lipinski definition) is 1. The van der Waals surface area contributed by atoms with Crippen molar-refractivity contribution in [2.24, 2.45) is 0 Å². The SMILES string of the molecule is COc1ccc(-c2cnc(CCO)nc2)cc1. The van der Waals surface area contributed by atoms with E-state index < -0.39 is 0 Å². The van der Waals surface area contributed by atoms with E-state index in [4.69, 9.17) is 9.84 Å². The molecule has 0 saturated heterocycles. The summed E-state index contributed by atoms with van der Waals surface area (Å²) in [5.41, 5.74) is 2.00. The van der Waals surface area contributed by atoms with Crippen molar-refractivity contribution in [1.29, 1.82) is 0 Å². The van der Waals surface area contributed by atoms with Crippen LogP contribution >= 0.6 is 0 Å². The van der Waals surface area contributed by atoms with Gasteiger partial charge in [-0.1, -0.05) is 12.1 Å². The molecule has 0 amide bonds. The van der Waals surface area contributed by atoms with E-state index in [-0.39, 0.29) is 6.61 Å². The van der Waals surface area contributed by atoms with Crippen LogP contribution in [-0.4, -0.2) is 28.8 Å². The second-order valence-electron chi connectivity index (χ2n) is 3.59. The van der Waals surface area contributed by atoms with Gasteiger partial charge in [-0.05, 0) is 17.7 Å². The topological polar surface area (TPSA) is 55.2 Å². The van der Waals surface area contributed by atoms with Gasteiger partial charge in [-0.3, -0.25) is 0 Å². The molecule has 0 aliphatic carbocycles. The number of methoxy groups -OCH3 is 1. The van der Waals surface area contributed by atoms with Gasteiger partial charge in [0.15, 0.2) is 0 Å². The molecule has 0 bridgehead atoms. The average Bonchev–Trinajstić information content (AvgIpc) is 2.40. The number of rotatable bonds is 4. The zero-order valence-electron chi connectivity index (χ0n) is 9.63. The Labute approximate surface area is 99.9 Å². The number of hydrogen-bond acceptors (Lipinski definition) is 4. The van der Waals surface area contributed by atoms with Gasteiger partial charge >= 0.3 is 0 Å². The standard InChI is InChI=1S/C13H14N2O2/c1-17-12-4-2-10(3-5-12)11-8-14-13(6-7-16)15-9-11/h2-5,8-9,16H,6-7H2,1H3. The number of nitrogens with zero attached hydrogens (tertiary/aromatic N) is 2. The quantitative estimate of drug-likeness (QED) is 0.868. The minimum absolute atomic E-state index is 0.0713. The van der Waals surface area contributed by atoms with Crippen molar-refractivity contribution in [2.75, 3.05) is 13.7 Å². The van der Waals surface area contributed by atoms with Gasteiger partial charge in [0, 0.05) is 24.4 Å². The molecule has 0 atom stereocenters. The number of aromatic nitrogens is 2. The Kier molecular flexibility index (Phi) is 3.67. The molecule has 0 radical (unpaired) electrons. The van der Waals surface area contributed by atoms with E-state index in [9.17, 15) is 0 Å². The Hall–Kier alpha value is -1.94. The molecule has 4 nitrogen and oxygen atoms in total. The van der Waals surface area contributed by atoms with Crippen LogP contribution in [0.4, 0.5) is 0 Å². The summed E-state index contributed by atoms with van der Waals surface area (Å²) in [6, 6.07) is 7.72. The molecule has 0 fully saturated rings. The van der Waals surface area contributed by atoms with Gasteiger partial charge < -0.3 is 9.84 Å². The van der Waals surface area contributed by atoms with Crippen LogP contribution in [0, 0.1) is 0 Å². The third kappa shape index (κ3) is 2.79. The van der Waals surface area contributed by atoms with Crippen LogP contribution in [0.2, 0.25) is 0 Å². The first-order chi connectivity index (χ1) is 8.33. The fourth-order valence-corrected chi connectivity index (χ4v) is 1.52. The third-order valence-electron chi connectivity index (χ3n) is 2.46. The Morgan fingerprint density at radius 2 is 1.71 bits per heavy atom. The van der Waals surface area contributed by atoms with E-state index in [1.54, 1.807) is 19.5 Å². The van der Waals surface area contributed by atoms with E-state index in [1.165, 1.54) is 0 Å². The highest BCUT2D eigenvalue weighted by Crippen LogP contribution is 2.20. The zero-order chi connectivity index (χ0) is 12.1. The summed E-state index contributed by atoms with van der Waals surface area (Å²) < 4.78 is 5.10. The number of benzene rings is 1. The summed E-state index contributed by atoms with van der Waals surface area (Å²) in [5.74, 6) is 1.48. The summed E-state index contributed by atoms with van der Waals surface area (Å²) in [5, 5.41) is 8.77. The van der Waals surface area contributed by atoms with Crippen LogP contribution in [0.3, 0.4) is 0 Å². The molecule has 17 heavy (non-hydrogen) atoms. The van der Waals surface area contributed by atoms with Crippen LogP contribution < -0.4 is 4.74 Å². The molecular formula is C13H14N2O2. The van der Waals surface area contributed by atoms with Crippen molar-refractivity contribution >= 4 is 0 Å². The first-order valence-corrected chi connectivity index (χ1v) is 5.39. The lowest BCUT2D eigenvalue weighted by Gasteiger charge is -2.03. The normalized spacial score (nSPS) is 10.2. The largest absolute Gasteiger partial charge is 0.497 e. The first-order valence-electron chi connectivity index (χ1n) is 5.39. The Balaban J connectivity index is 2.20. The molecule has 4 heteroatoms. The van der Waals surface area contributed by atoms with Gasteiger partial charge in [0.05, 0.1) is 13.7 Å². The molecule has 0 spiro atoms. The summed E-state index contributed by atoms with van der Waals surface area (Å²) in [6.07, 6.45) is 4.02. The van der Waals surface area contributed by atoms with Gasteiger partial charge in [-0.25, -0.2) is 9.97 Å². The van der Waals surface area contributed by atoms with Crippen LogP contribution in [0.5, 0.6) is 5.75 Å². The molecule has 1 aromatic heterocycles. The second kappa shape index (κ2) is 5.41. The molecule has 0 aliphatic rings. The maximum Gasteiger partial charge on any atom is 0.130 e. The van der Waals surface area contributed by atoms with Crippen molar-refractivity contribution in [2.45, 2.75) is 6.42 Å². The molecule has 1 heterocycles. The Morgan fingerprint density at radius 1 is 1.06 bits per heavy atom. The Morgan fingerprint density at radius 3 is 2.24 bits per heavy atom. The van der Waals surface area contributed by atoms with Crippen molar-refractivity contribution < 1.29 is 9.84 Å². The predicted octanol–water partition coefficient (Wildman–Crippen LogP) is 1.69. The molecule has 1 N–H and O–H groups in total. The molecule has 0 saturated carbocycles. The molecule has 2 rings (SSSR count). The maximum absolute atomic E-state index is 8.77. The van der Waals surface area contributed by atoms with Gasteiger partial charge in [0.1, 0.15) is 11.6 Å². The summed E-state index contributed by atoms with van der Waals surface area (Å²) in [7, 11) is 1.64. The summed E-state index contributed by atoms with van der Waals surface area (Å²) in [4.78, 5) is 8.37. The van der Waals surface area contributed by atoms with Gasteiger partial charge in [0.25, 0.3) is 0 Å². The maximum atomic E-state index is 8.77. The fourth-order valence-electron chi connectivity index (χ4n) is 1.52. The predicted molar refractivity (Wildman–Crippen MR) is 64.8 cm³/mol. The van der Waals surface area contributed by atoms with E-state index in [0.717, 1.165) is 16.9 Å². The van der Waals surface area contributed by atoms with Crippen molar-refractivity contribution in [1.82, 2.24) is 9.97 Å². The van der Waals surface area contributed by atoms with E-state index in [0.29, 0.717) is 12.2 Å². The third-order valence-corrected chi connectivity index (χ3v) is 2.46. The van der Waals surface area contributed by atoms with Gasteiger partial charge in [-0.2, -0.15) is 0 Å². The highest BCUT2D eigenvalue weighted by Gasteiger charge is 2.00. The highest BCUT2D eigenvalue weighted by molar-refractivity contribution is 5.62. The lowest BCUT2D eigenvalue weighted by atomic mass is 10.1.